The normalized spacial score (nSPS) is 24.3. The summed E-state index contributed by atoms with van der Waals surface area (Å²) < 4.78 is 6.51. The van der Waals surface area contributed by atoms with E-state index in [0.717, 1.165) is 10.8 Å². The second-order valence-corrected chi connectivity index (χ2v) is 7.00. The predicted molar refractivity (Wildman–Crippen MR) is 97.4 cm³/mol. The number of aromatic nitrogens is 4. The molecule has 2 aromatic heterocycles. The van der Waals surface area contributed by atoms with E-state index in [4.69, 9.17) is 9.84 Å². The molecule has 14 heteroatoms. The standard InChI is InChI=1S/C9H11BrN2O6.C4H3BrN2O2/c10-3-1-12(9(17)11-7(3)16)8-6(15)5(14)4(2-13)18-8;5-2-1-6-4(9)7-3(2)8/h1,4-6,8,13-15H,2H2,(H,11,16,17);1H,(H2,6,7,8,9)/t4-,5-,6-,8-;/m1./s1. The van der Waals surface area contributed by atoms with Crippen molar-refractivity contribution < 1.29 is 20.1 Å². The summed E-state index contributed by atoms with van der Waals surface area (Å²) in [7, 11) is 0. The topological polar surface area (TPSA) is 190 Å². The van der Waals surface area contributed by atoms with Gasteiger partial charge in [-0.3, -0.25) is 24.1 Å². The zero-order valence-electron chi connectivity index (χ0n) is 13.3. The summed E-state index contributed by atoms with van der Waals surface area (Å²) in [5.74, 6) is 0. The summed E-state index contributed by atoms with van der Waals surface area (Å²) >= 11 is 5.86. The molecule has 3 rings (SSSR count). The van der Waals surface area contributed by atoms with E-state index in [1.54, 1.807) is 0 Å². The van der Waals surface area contributed by atoms with Gasteiger partial charge in [0.15, 0.2) is 6.23 Å². The number of halogens is 2. The van der Waals surface area contributed by atoms with E-state index >= 15 is 0 Å². The molecule has 1 aliphatic heterocycles. The minimum absolute atomic E-state index is 0.0832. The lowest BCUT2D eigenvalue weighted by Gasteiger charge is -2.17. The number of aliphatic hydroxyl groups is 3. The van der Waals surface area contributed by atoms with Crippen LogP contribution in [0.3, 0.4) is 0 Å². The molecule has 6 N–H and O–H groups in total. The summed E-state index contributed by atoms with van der Waals surface area (Å²) in [6, 6.07) is 0. The second kappa shape index (κ2) is 8.90. The van der Waals surface area contributed by atoms with Gasteiger partial charge in [-0.25, -0.2) is 9.59 Å². The zero-order valence-corrected chi connectivity index (χ0v) is 16.4. The third-order valence-electron chi connectivity index (χ3n) is 3.49. The fourth-order valence-electron chi connectivity index (χ4n) is 2.15. The summed E-state index contributed by atoms with van der Waals surface area (Å²) in [5, 5.41) is 28.3. The molecule has 0 bridgehead atoms. The van der Waals surface area contributed by atoms with Crippen molar-refractivity contribution in [2.75, 3.05) is 6.61 Å². The van der Waals surface area contributed by atoms with Gasteiger partial charge in [-0.15, -0.1) is 0 Å². The van der Waals surface area contributed by atoms with E-state index in [9.17, 15) is 29.4 Å². The van der Waals surface area contributed by atoms with Gasteiger partial charge < -0.3 is 25.0 Å². The van der Waals surface area contributed by atoms with Crippen molar-refractivity contribution in [1.29, 1.82) is 0 Å². The molecule has 4 atom stereocenters. The molecule has 0 unspecified atom stereocenters. The van der Waals surface area contributed by atoms with E-state index < -0.39 is 53.6 Å². The van der Waals surface area contributed by atoms with Crippen molar-refractivity contribution in [3.63, 3.8) is 0 Å². The van der Waals surface area contributed by atoms with Gasteiger partial charge in [0.1, 0.15) is 18.3 Å². The maximum atomic E-state index is 11.6. The number of nitrogens with one attached hydrogen (secondary N) is 3. The molecule has 0 aliphatic carbocycles. The van der Waals surface area contributed by atoms with Crippen molar-refractivity contribution >= 4 is 31.9 Å². The van der Waals surface area contributed by atoms with E-state index in [0.29, 0.717) is 4.47 Å². The van der Waals surface area contributed by atoms with Gasteiger partial charge in [0.25, 0.3) is 11.1 Å². The molecule has 0 radical (unpaired) electrons. The van der Waals surface area contributed by atoms with E-state index in [2.05, 4.69) is 36.8 Å². The van der Waals surface area contributed by atoms with Crippen LogP contribution in [0.1, 0.15) is 6.23 Å². The third-order valence-corrected chi connectivity index (χ3v) is 4.64. The number of aliphatic hydroxyl groups excluding tert-OH is 3. The summed E-state index contributed by atoms with van der Waals surface area (Å²) in [6.45, 7) is -0.492. The van der Waals surface area contributed by atoms with E-state index in [1.807, 2.05) is 9.97 Å². The minimum atomic E-state index is -1.38. The number of hydrogen-bond donors (Lipinski definition) is 6. The minimum Gasteiger partial charge on any atom is -0.394 e. The molecule has 3 heterocycles. The Morgan fingerprint density at radius 3 is 2.19 bits per heavy atom. The summed E-state index contributed by atoms with van der Waals surface area (Å²) in [5.41, 5.74) is -2.30. The molecule has 1 fully saturated rings. The zero-order chi connectivity index (χ0) is 20.3. The van der Waals surface area contributed by atoms with Crippen molar-refractivity contribution in [2.24, 2.45) is 0 Å². The summed E-state index contributed by atoms with van der Waals surface area (Å²) in [4.78, 5) is 49.9. The number of H-pyrrole nitrogens is 3. The Morgan fingerprint density at radius 1 is 1.04 bits per heavy atom. The molecular weight excluding hydrogens is 500 g/mol. The highest BCUT2D eigenvalue weighted by Crippen LogP contribution is 2.28. The Bertz CT molecular complexity index is 1030. The summed E-state index contributed by atoms with van der Waals surface area (Å²) in [6.07, 6.45) is -2.39. The van der Waals surface area contributed by atoms with E-state index in [1.165, 1.54) is 6.20 Å². The van der Waals surface area contributed by atoms with Crippen molar-refractivity contribution in [1.82, 2.24) is 19.5 Å². The highest BCUT2D eigenvalue weighted by Gasteiger charge is 2.43. The Labute approximate surface area is 165 Å². The molecule has 1 aliphatic rings. The highest BCUT2D eigenvalue weighted by atomic mass is 79.9. The monoisotopic (exact) mass is 512 g/mol. The van der Waals surface area contributed by atoms with E-state index in [-0.39, 0.29) is 4.47 Å². The Morgan fingerprint density at radius 2 is 1.67 bits per heavy atom. The third kappa shape index (κ3) is 4.91. The quantitative estimate of drug-likeness (QED) is 0.259. The smallest absolute Gasteiger partial charge is 0.330 e. The van der Waals surface area contributed by atoms with Crippen molar-refractivity contribution in [3.8, 4) is 0 Å². The second-order valence-electron chi connectivity index (χ2n) is 5.29. The molecule has 0 amide bonds. The van der Waals surface area contributed by atoms with Crippen molar-refractivity contribution in [2.45, 2.75) is 24.5 Å². The molecular formula is C13H14Br2N4O8. The fraction of sp³-hybridized carbons (Fsp3) is 0.385. The largest absolute Gasteiger partial charge is 0.394 e. The Balaban J connectivity index is 0.000000244. The first-order chi connectivity index (χ1) is 12.6. The van der Waals surface area contributed by atoms with Gasteiger partial charge in [-0.05, 0) is 31.9 Å². The average Bonchev–Trinajstić information content (AvgIpc) is 2.90. The first-order valence-electron chi connectivity index (χ1n) is 7.26. The SMILES string of the molecule is O=c1[nH]c(=O)n([C@@H]2O[C@H](CO)[C@@H](O)[C@H]2O)cc1Br.O=c1[nH]cc(Br)c(=O)[nH]1. The van der Waals surface area contributed by atoms with Crippen LogP contribution in [0.2, 0.25) is 0 Å². The number of ether oxygens (including phenoxy) is 1. The van der Waals surface area contributed by atoms with Crippen LogP contribution in [0.4, 0.5) is 0 Å². The van der Waals surface area contributed by atoms with Crippen LogP contribution in [-0.2, 0) is 4.74 Å². The average molecular weight is 514 g/mol. The number of rotatable bonds is 2. The van der Waals surface area contributed by atoms with Crippen LogP contribution in [0, 0.1) is 0 Å². The lowest BCUT2D eigenvalue weighted by Crippen LogP contribution is -2.38. The predicted octanol–water partition coefficient (Wildman–Crippen LogP) is -2.26. The van der Waals surface area contributed by atoms with Crippen LogP contribution in [-0.4, -0.2) is 59.8 Å². The lowest BCUT2D eigenvalue weighted by molar-refractivity contribution is -0.0551. The van der Waals surface area contributed by atoms with Gasteiger partial charge in [0.2, 0.25) is 0 Å². The Kier molecular flexibility index (Phi) is 7.07. The Hall–Kier alpha value is -1.84. The molecule has 0 spiro atoms. The maximum Gasteiger partial charge on any atom is 0.330 e. The van der Waals surface area contributed by atoms with Gasteiger partial charge in [-0.2, -0.15) is 0 Å². The molecule has 12 nitrogen and oxygen atoms in total. The first kappa shape index (κ1) is 21.5. The van der Waals surface area contributed by atoms with Crippen LogP contribution in [0.15, 0.2) is 40.5 Å². The number of aromatic amines is 3. The van der Waals surface area contributed by atoms with Crippen LogP contribution in [0.25, 0.3) is 0 Å². The molecule has 2 aromatic rings. The van der Waals surface area contributed by atoms with Crippen molar-refractivity contribution in [3.05, 3.63) is 63.0 Å². The molecule has 1 saturated heterocycles. The van der Waals surface area contributed by atoms with Gasteiger partial charge in [-0.1, -0.05) is 0 Å². The van der Waals surface area contributed by atoms with Gasteiger partial charge in [0.05, 0.1) is 15.6 Å². The number of hydrogen-bond acceptors (Lipinski definition) is 8. The van der Waals surface area contributed by atoms with Crippen LogP contribution < -0.4 is 22.5 Å². The molecule has 0 aromatic carbocycles. The fourth-order valence-corrected chi connectivity index (χ4v) is 2.69. The molecule has 0 saturated carbocycles. The molecule has 148 valence electrons. The van der Waals surface area contributed by atoms with Gasteiger partial charge in [0, 0.05) is 12.4 Å². The van der Waals surface area contributed by atoms with Gasteiger partial charge >= 0.3 is 11.4 Å². The highest BCUT2D eigenvalue weighted by molar-refractivity contribution is 9.10. The molecule has 27 heavy (non-hydrogen) atoms. The van der Waals surface area contributed by atoms with Crippen LogP contribution in [0.5, 0.6) is 0 Å². The maximum absolute atomic E-state index is 11.6. The lowest BCUT2D eigenvalue weighted by atomic mass is 10.1. The number of nitrogens with zero attached hydrogens (tertiary/aromatic N) is 1. The first-order valence-corrected chi connectivity index (χ1v) is 8.85. The van der Waals surface area contributed by atoms with Crippen LogP contribution >= 0.6 is 31.9 Å².